The van der Waals surface area contributed by atoms with E-state index in [2.05, 4.69) is 33.4 Å². The molecule has 0 spiro atoms. The van der Waals surface area contributed by atoms with E-state index in [4.69, 9.17) is 17.2 Å². The Bertz CT molecular complexity index is 1060. The molecule has 0 saturated carbocycles. The largest absolute Gasteiger partial charge is 0.332 e. The monoisotopic (exact) mass is 358 g/mol. The van der Waals surface area contributed by atoms with Crippen molar-refractivity contribution in [1.29, 1.82) is 0 Å². The Kier molecular flexibility index (Phi) is 4.37. The first-order valence-electron chi connectivity index (χ1n) is 8.38. The van der Waals surface area contributed by atoms with Crippen molar-refractivity contribution < 1.29 is 0 Å². The molecule has 0 aliphatic carbocycles. The molecule has 4 rings (SSSR count). The fourth-order valence-electron chi connectivity index (χ4n) is 3.00. The topological polar surface area (TPSA) is 41.9 Å². The molecule has 2 N–H and O–H groups in total. The maximum atomic E-state index is 5.40. The molecular weight excluding hydrogens is 340 g/mol. The minimum Gasteiger partial charge on any atom is -0.332 e. The molecule has 0 amide bonds. The first-order chi connectivity index (χ1) is 12.7. The van der Waals surface area contributed by atoms with Crippen LogP contribution in [-0.4, -0.2) is 14.7 Å². The lowest BCUT2D eigenvalue weighted by molar-refractivity contribution is 1.00. The number of anilines is 2. The highest BCUT2D eigenvalue weighted by atomic mass is 32.1. The normalized spacial score (nSPS) is 10.7. The van der Waals surface area contributed by atoms with Gasteiger partial charge in [-0.3, -0.25) is 4.57 Å². The number of hydrogen-bond donors (Lipinski definition) is 2. The second-order valence-corrected chi connectivity index (χ2v) is 6.39. The molecule has 0 saturated heterocycles. The summed E-state index contributed by atoms with van der Waals surface area (Å²) in [4.78, 5) is 4.70. The summed E-state index contributed by atoms with van der Waals surface area (Å²) in [7, 11) is 0. The van der Waals surface area contributed by atoms with Gasteiger partial charge in [0.15, 0.2) is 5.11 Å². The molecule has 0 bridgehead atoms. The van der Waals surface area contributed by atoms with Crippen molar-refractivity contribution in [2.45, 2.75) is 6.92 Å². The van der Waals surface area contributed by atoms with Crippen LogP contribution in [-0.2, 0) is 0 Å². The van der Waals surface area contributed by atoms with Crippen molar-refractivity contribution in [3.8, 4) is 5.69 Å². The van der Waals surface area contributed by atoms with Crippen molar-refractivity contribution in [3.63, 3.8) is 0 Å². The van der Waals surface area contributed by atoms with Crippen LogP contribution in [0.15, 0.2) is 78.9 Å². The van der Waals surface area contributed by atoms with Gasteiger partial charge < -0.3 is 10.6 Å². The van der Waals surface area contributed by atoms with E-state index < -0.39 is 0 Å². The van der Waals surface area contributed by atoms with E-state index in [0.29, 0.717) is 5.11 Å². The van der Waals surface area contributed by atoms with Crippen molar-refractivity contribution in [2.24, 2.45) is 0 Å². The zero-order valence-electron chi connectivity index (χ0n) is 14.3. The van der Waals surface area contributed by atoms with E-state index >= 15 is 0 Å². The van der Waals surface area contributed by atoms with Crippen LogP contribution in [0.3, 0.4) is 0 Å². The molecule has 0 unspecified atom stereocenters. The molecule has 5 heteroatoms. The van der Waals surface area contributed by atoms with Crippen molar-refractivity contribution in [2.75, 3.05) is 10.6 Å². The average Bonchev–Trinajstić information content (AvgIpc) is 2.98. The van der Waals surface area contributed by atoms with Crippen LogP contribution in [0.1, 0.15) is 5.82 Å². The van der Waals surface area contributed by atoms with Crippen LogP contribution in [0.5, 0.6) is 0 Å². The molecule has 4 nitrogen and oxygen atoms in total. The second kappa shape index (κ2) is 6.98. The number of aryl methyl sites for hydroxylation is 1. The summed E-state index contributed by atoms with van der Waals surface area (Å²) < 4.78 is 2.15. The van der Waals surface area contributed by atoms with Gasteiger partial charge in [-0.25, -0.2) is 4.98 Å². The Morgan fingerprint density at radius 1 is 0.846 bits per heavy atom. The zero-order valence-corrected chi connectivity index (χ0v) is 15.1. The fraction of sp³-hybridized carbons (Fsp3) is 0.0476. The summed E-state index contributed by atoms with van der Waals surface area (Å²) in [6, 6.07) is 26.2. The predicted molar refractivity (Wildman–Crippen MR) is 112 cm³/mol. The maximum Gasteiger partial charge on any atom is 0.175 e. The molecule has 4 aromatic rings. The highest BCUT2D eigenvalue weighted by Crippen LogP contribution is 2.24. The van der Waals surface area contributed by atoms with Crippen LogP contribution >= 0.6 is 12.2 Å². The summed E-state index contributed by atoms with van der Waals surface area (Å²) in [5.41, 5.74) is 4.97. The SMILES string of the molecule is Cc1nc2cc(NC(=S)Nc3ccccc3)ccc2n1-c1ccccc1. The number of para-hydroxylation sites is 2. The highest BCUT2D eigenvalue weighted by Gasteiger charge is 2.10. The quantitative estimate of drug-likeness (QED) is 0.498. The standard InChI is InChI=1S/C21H18N4S/c1-15-22-19-14-17(24-21(26)23-16-8-4-2-5-9-16)12-13-20(19)25(15)18-10-6-3-7-11-18/h2-14H,1H3,(H2,23,24,26). The van der Waals surface area contributed by atoms with E-state index in [1.54, 1.807) is 0 Å². The van der Waals surface area contributed by atoms with Gasteiger partial charge in [-0.2, -0.15) is 0 Å². The summed E-state index contributed by atoms with van der Waals surface area (Å²) in [6.45, 7) is 2.02. The van der Waals surface area contributed by atoms with Gasteiger partial charge in [-0.05, 0) is 61.6 Å². The van der Waals surface area contributed by atoms with Gasteiger partial charge in [0, 0.05) is 17.1 Å². The van der Waals surface area contributed by atoms with E-state index in [9.17, 15) is 0 Å². The van der Waals surface area contributed by atoms with Crippen LogP contribution in [0.25, 0.3) is 16.7 Å². The third kappa shape index (κ3) is 3.30. The molecule has 0 radical (unpaired) electrons. The van der Waals surface area contributed by atoms with Gasteiger partial charge >= 0.3 is 0 Å². The number of benzene rings is 3. The van der Waals surface area contributed by atoms with Gasteiger partial charge in [-0.1, -0.05) is 36.4 Å². The number of aromatic nitrogens is 2. The molecule has 1 aromatic heterocycles. The number of hydrogen-bond acceptors (Lipinski definition) is 2. The van der Waals surface area contributed by atoms with E-state index in [1.165, 1.54) is 0 Å². The molecule has 0 fully saturated rings. The van der Waals surface area contributed by atoms with E-state index in [0.717, 1.165) is 33.9 Å². The Labute approximate surface area is 157 Å². The molecule has 26 heavy (non-hydrogen) atoms. The number of fused-ring (bicyclic) bond motifs is 1. The van der Waals surface area contributed by atoms with Crippen LogP contribution < -0.4 is 10.6 Å². The fourth-order valence-corrected chi connectivity index (χ4v) is 3.23. The zero-order chi connectivity index (χ0) is 17.9. The number of nitrogens with zero attached hydrogens (tertiary/aromatic N) is 2. The summed E-state index contributed by atoms with van der Waals surface area (Å²) >= 11 is 5.40. The lowest BCUT2D eigenvalue weighted by Gasteiger charge is -2.11. The van der Waals surface area contributed by atoms with E-state index in [1.807, 2.05) is 67.6 Å². The van der Waals surface area contributed by atoms with Gasteiger partial charge in [0.25, 0.3) is 0 Å². The number of nitrogens with one attached hydrogen (secondary N) is 2. The van der Waals surface area contributed by atoms with Crippen molar-refractivity contribution in [1.82, 2.24) is 9.55 Å². The Morgan fingerprint density at radius 2 is 1.50 bits per heavy atom. The molecule has 128 valence electrons. The summed E-state index contributed by atoms with van der Waals surface area (Å²) in [6.07, 6.45) is 0. The smallest absolute Gasteiger partial charge is 0.175 e. The first kappa shape index (κ1) is 16.3. The Balaban J connectivity index is 1.60. The number of thiocarbonyl (C=S) groups is 1. The molecule has 0 aliphatic rings. The van der Waals surface area contributed by atoms with Gasteiger partial charge in [0.05, 0.1) is 11.0 Å². The molecule has 3 aromatic carbocycles. The lowest BCUT2D eigenvalue weighted by Crippen LogP contribution is -2.18. The van der Waals surface area contributed by atoms with Gasteiger partial charge in [0.1, 0.15) is 5.82 Å². The molecule has 0 atom stereocenters. The van der Waals surface area contributed by atoms with Gasteiger partial charge in [0.2, 0.25) is 0 Å². The third-order valence-corrected chi connectivity index (χ3v) is 4.33. The van der Waals surface area contributed by atoms with E-state index in [-0.39, 0.29) is 0 Å². The minimum atomic E-state index is 0.551. The van der Waals surface area contributed by atoms with Crippen LogP contribution in [0.4, 0.5) is 11.4 Å². The maximum absolute atomic E-state index is 5.40. The molecule has 1 heterocycles. The summed E-state index contributed by atoms with van der Waals surface area (Å²) in [5, 5.41) is 6.95. The molecule has 0 aliphatic heterocycles. The van der Waals surface area contributed by atoms with Crippen molar-refractivity contribution >= 4 is 39.7 Å². The number of rotatable bonds is 3. The van der Waals surface area contributed by atoms with Crippen LogP contribution in [0.2, 0.25) is 0 Å². The second-order valence-electron chi connectivity index (χ2n) is 5.98. The molecular formula is C21H18N4S. The highest BCUT2D eigenvalue weighted by molar-refractivity contribution is 7.80. The Morgan fingerprint density at radius 3 is 2.23 bits per heavy atom. The van der Waals surface area contributed by atoms with Crippen molar-refractivity contribution in [3.05, 3.63) is 84.7 Å². The number of imidazole rings is 1. The lowest BCUT2D eigenvalue weighted by atomic mass is 10.2. The van der Waals surface area contributed by atoms with Crippen LogP contribution in [0, 0.1) is 6.92 Å². The summed E-state index contributed by atoms with van der Waals surface area (Å²) in [5.74, 6) is 0.952. The predicted octanol–water partition coefficient (Wildman–Crippen LogP) is 5.14. The minimum absolute atomic E-state index is 0.551. The Hall–Kier alpha value is -3.18. The average molecular weight is 358 g/mol. The third-order valence-electron chi connectivity index (χ3n) is 4.13. The van der Waals surface area contributed by atoms with Gasteiger partial charge in [-0.15, -0.1) is 0 Å². The first-order valence-corrected chi connectivity index (χ1v) is 8.79.